The van der Waals surface area contributed by atoms with Crippen molar-refractivity contribution in [3.8, 4) is 0 Å². The number of hydrogen-bond acceptors (Lipinski definition) is 10. The molecule has 1 aromatic rings. The summed E-state index contributed by atoms with van der Waals surface area (Å²) in [7, 11) is -3.97. The van der Waals surface area contributed by atoms with E-state index in [1.165, 1.54) is 19.7 Å². The summed E-state index contributed by atoms with van der Waals surface area (Å²) in [6, 6.07) is 3.11. The first kappa shape index (κ1) is 25.7. The largest absolute Gasteiger partial charge is 0.451 e. The minimum Gasteiger partial charge on any atom is -0.451 e. The Morgan fingerprint density at radius 3 is 2.53 bits per heavy atom. The number of aromatic nitrogens is 1. The summed E-state index contributed by atoms with van der Waals surface area (Å²) in [5.41, 5.74) is -13.9. The number of rotatable bonds is 3. The number of aliphatic hydroxyl groups is 4. The zero-order chi connectivity index (χ0) is 27.7. The van der Waals surface area contributed by atoms with Crippen molar-refractivity contribution in [3.05, 3.63) is 24.0 Å². The predicted octanol–water partition coefficient (Wildman–Crippen LogP) is 1.70. The van der Waals surface area contributed by atoms with E-state index in [1.807, 2.05) is 6.92 Å². The molecule has 11 nitrogen and oxygen atoms in total. The van der Waals surface area contributed by atoms with Crippen LogP contribution in [0.1, 0.15) is 64.4 Å². The van der Waals surface area contributed by atoms with Gasteiger partial charge in [-0.3, -0.25) is 9.09 Å². The van der Waals surface area contributed by atoms with Gasteiger partial charge in [0.05, 0.1) is 5.41 Å². The van der Waals surface area contributed by atoms with Gasteiger partial charge in [0, 0.05) is 24.7 Å². The van der Waals surface area contributed by atoms with E-state index >= 15 is 0 Å². The second-order valence-corrected chi connectivity index (χ2v) is 15.3. The summed E-state index contributed by atoms with van der Waals surface area (Å²) in [6.07, 6.45) is -0.848. The summed E-state index contributed by atoms with van der Waals surface area (Å²) < 4.78 is 39.0. The summed E-state index contributed by atoms with van der Waals surface area (Å²) in [5, 5.41) is 51.2. The van der Waals surface area contributed by atoms with Gasteiger partial charge in [-0.1, -0.05) is 27.7 Å². The van der Waals surface area contributed by atoms with Crippen molar-refractivity contribution in [2.24, 2.45) is 22.7 Å². The topological polar surface area (TPSA) is 168 Å². The molecule has 7 aliphatic rings. The molecule has 5 N–H and O–H groups in total. The number of hydrogen-bond donors (Lipinski definition) is 5. The van der Waals surface area contributed by atoms with Crippen molar-refractivity contribution in [2.75, 3.05) is 6.66 Å². The molecule has 0 radical (unpaired) electrons. The van der Waals surface area contributed by atoms with E-state index in [1.54, 1.807) is 33.0 Å². The Bertz CT molecular complexity index is 1320. The third-order valence-electron chi connectivity index (χ3n) is 11.8. The van der Waals surface area contributed by atoms with Gasteiger partial charge in [-0.2, -0.15) is 0 Å². The van der Waals surface area contributed by atoms with Crippen LogP contribution in [0.4, 0.5) is 0 Å². The Labute approximate surface area is 220 Å². The van der Waals surface area contributed by atoms with Crippen LogP contribution in [0.15, 0.2) is 18.3 Å². The minimum absolute atomic E-state index is 0.0938. The molecule has 12 atom stereocenters. The van der Waals surface area contributed by atoms with Crippen molar-refractivity contribution in [1.82, 2.24) is 4.98 Å². The molecular weight excluding hydrogens is 517 g/mol. The third kappa shape index (κ3) is 1.94. The number of aromatic amines is 1. The van der Waals surface area contributed by atoms with E-state index in [-0.39, 0.29) is 24.5 Å². The normalized spacial score (nSPS) is 61.4. The molecule has 4 heterocycles. The molecule has 11 unspecified atom stereocenters. The molecule has 3 aliphatic heterocycles. The maximum atomic E-state index is 13.9. The molecule has 7 fully saturated rings. The summed E-state index contributed by atoms with van der Waals surface area (Å²) in [5.74, 6) is -4.02. The van der Waals surface area contributed by atoms with Gasteiger partial charge >= 0.3 is 13.6 Å². The van der Waals surface area contributed by atoms with Crippen molar-refractivity contribution < 1.29 is 48.3 Å². The van der Waals surface area contributed by atoms with Gasteiger partial charge in [-0.15, -0.1) is 0 Å². The van der Waals surface area contributed by atoms with E-state index in [0.29, 0.717) is 6.42 Å². The Hall–Kier alpha value is -1.30. The molecule has 12 heteroatoms. The highest BCUT2D eigenvalue weighted by molar-refractivity contribution is 7.53. The zero-order valence-electron chi connectivity index (χ0n) is 22.3. The SMILES string of the molecule is CC1CCC2(O)C34OC5(O)C[C@]2(C)C2(O)C(OC(=O)c6ccc[nH]6)C(O)(C(C)C)C5(C)C32OP(C)(=O)OC14. The number of carbonyl (C=O) groups excluding carboxylic acids is 1. The third-order valence-corrected chi connectivity index (χ3v) is 13.0. The maximum absolute atomic E-state index is 13.9. The molecule has 38 heavy (non-hydrogen) atoms. The van der Waals surface area contributed by atoms with Crippen LogP contribution in [-0.2, 0) is 23.1 Å². The summed E-state index contributed by atoms with van der Waals surface area (Å²) >= 11 is 0. The molecule has 210 valence electrons. The van der Waals surface area contributed by atoms with Gasteiger partial charge in [0.1, 0.15) is 28.6 Å². The smallest absolute Gasteiger partial charge is 0.355 e. The Kier molecular flexibility index (Phi) is 4.35. The van der Waals surface area contributed by atoms with Crippen LogP contribution in [0.3, 0.4) is 0 Å². The minimum atomic E-state index is -3.97. The number of carbonyl (C=O) groups is 1. The zero-order valence-corrected chi connectivity index (χ0v) is 23.2. The van der Waals surface area contributed by atoms with Crippen LogP contribution in [0, 0.1) is 22.7 Å². The Balaban J connectivity index is 1.61. The van der Waals surface area contributed by atoms with E-state index in [9.17, 15) is 29.8 Å². The average Bonchev–Trinajstić information content (AvgIpc) is 3.44. The average molecular weight is 554 g/mol. The Morgan fingerprint density at radius 2 is 1.92 bits per heavy atom. The van der Waals surface area contributed by atoms with Crippen LogP contribution in [0.5, 0.6) is 0 Å². The van der Waals surface area contributed by atoms with Gasteiger partial charge in [-0.25, -0.2) is 4.79 Å². The molecular formula is C26H36NO10P. The molecule has 4 saturated carbocycles. The highest BCUT2D eigenvalue weighted by atomic mass is 31.2. The van der Waals surface area contributed by atoms with Gasteiger partial charge in [0.2, 0.25) is 0 Å². The van der Waals surface area contributed by atoms with Crippen molar-refractivity contribution in [3.63, 3.8) is 0 Å². The molecule has 1 aromatic heterocycles. The van der Waals surface area contributed by atoms with E-state index < -0.39 is 76.3 Å². The lowest BCUT2D eigenvalue weighted by Gasteiger charge is -2.61. The fourth-order valence-corrected chi connectivity index (χ4v) is 12.1. The lowest BCUT2D eigenvalue weighted by atomic mass is 9.52. The van der Waals surface area contributed by atoms with Crippen molar-refractivity contribution in [1.29, 1.82) is 0 Å². The molecule has 6 bridgehead atoms. The molecule has 4 aliphatic carbocycles. The quantitative estimate of drug-likeness (QED) is 0.274. The second-order valence-electron chi connectivity index (χ2n) is 13.3. The van der Waals surface area contributed by atoms with E-state index in [2.05, 4.69) is 4.98 Å². The summed E-state index contributed by atoms with van der Waals surface area (Å²) in [6.45, 7) is 9.67. The molecule has 8 rings (SSSR count). The second kappa shape index (κ2) is 6.44. The lowest BCUT2D eigenvalue weighted by molar-refractivity contribution is -0.388. The van der Waals surface area contributed by atoms with Crippen molar-refractivity contribution in [2.45, 2.75) is 99.9 Å². The van der Waals surface area contributed by atoms with Crippen molar-refractivity contribution >= 4 is 13.6 Å². The molecule has 0 amide bonds. The van der Waals surface area contributed by atoms with Crippen LogP contribution in [0.2, 0.25) is 0 Å². The molecule has 0 aromatic carbocycles. The number of ether oxygens (including phenoxy) is 2. The maximum Gasteiger partial charge on any atom is 0.355 e. The standard InChI is InChI=1S/C26H36NO10P/c1-13(2)23(31)18(34-17(28)15-8-7-11-27-15)24(32)19(4)12-22(30)20(23,5)26(24)25(36-22)16(35-38(6,33)37-26)14(3)9-10-21(19,25)29/h7-8,11,13-14,16,18,27,29-32H,9-10,12H2,1-6H3/t14?,16?,18?,19-,20?,21?,22?,23?,24?,25?,26?,38?/m0/s1. The fourth-order valence-electron chi connectivity index (χ4n) is 10.4. The van der Waals surface area contributed by atoms with Crippen LogP contribution < -0.4 is 0 Å². The highest BCUT2D eigenvalue weighted by Crippen LogP contribution is 2.94. The lowest BCUT2D eigenvalue weighted by Crippen LogP contribution is -2.77. The summed E-state index contributed by atoms with van der Waals surface area (Å²) in [4.78, 5) is 16.2. The first-order valence-corrected chi connectivity index (χ1v) is 15.3. The first-order chi connectivity index (χ1) is 17.4. The fraction of sp³-hybridized carbons (Fsp3) is 0.808. The highest BCUT2D eigenvalue weighted by Gasteiger charge is 3.12. The molecule has 3 saturated heterocycles. The van der Waals surface area contributed by atoms with Gasteiger partial charge in [0.15, 0.2) is 23.1 Å². The molecule has 2 spiro atoms. The van der Waals surface area contributed by atoms with E-state index in [0.717, 1.165) is 0 Å². The van der Waals surface area contributed by atoms with Crippen LogP contribution in [0.25, 0.3) is 0 Å². The predicted molar refractivity (Wildman–Crippen MR) is 130 cm³/mol. The van der Waals surface area contributed by atoms with Crippen LogP contribution in [-0.4, -0.2) is 84.0 Å². The van der Waals surface area contributed by atoms with E-state index in [4.69, 9.17) is 18.5 Å². The van der Waals surface area contributed by atoms with Gasteiger partial charge in [0.25, 0.3) is 0 Å². The van der Waals surface area contributed by atoms with Gasteiger partial charge in [-0.05, 0) is 43.7 Å². The number of H-pyrrole nitrogens is 1. The Morgan fingerprint density at radius 1 is 1.24 bits per heavy atom. The number of esters is 1. The van der Waals surface area contributed by atoms with Crippen LogP contribution >= 0.6 is 7.60 Å². The monoisotopic (exact) mass is 553 g/mol. The first-order valence-electron chi connectivity index (χ1n) is 13.3. The van der Waals surface area contributed by atoms with Gasteiger partial charge < -0.3 is 39.4 Å². The number of nitrogens with one attached hydrogen (secondary N) is 1.